The molecule has 104 valence electrons. The van der Waals surface area contributed by atoms with E-state index < -0.39 is 0 Å². The number of carbonyl (C=O) groups excluding carboxylic acids is 2. The van der Waals surface area contributed by atoms with Gasteiger partial charge in [-0.25, -0.2) is 0 Å². The molecule has 0 aliphatic carbocycles. The molecule has 1 N–H and O–H groups in total. The van der Waals surface area contributed by atoms with Crippen LogP contribution in [0, 0.1) is 0 Å². The Morgan fingerprint density at radius 2 is 1.90 bits per heavy atom. The van der Waals surface area contributed by atoms with Gasteiger partial charge in [-0.15, -0.1) is 23.1 Å². The summed E-state index contributed by atoms with van der Waals surface area (Å²) >= 11 is 2.93. The Bertz CT molecular complexity index is 553. The van der Waals surface area contributed by atoms with Gasteiger partial charge in [-0.05, 0) is 17.0 Å². The minimum Gasteiger partial charge on any atom is -0.348 e. The van der Waals surface area contributed by atoms with E-state index in [4.69, 9.17) is 0 Å². The van der Waals surface area contributed by atoms with Gasteiger partial charge >= 0.3 is 0 Å². The van der Waals surface area contributed by atoms with Crippen LogP contribution in [0.25, 0.3) is 0 Å². The lowest BCUT2D eigenvalue weighted by Gasteiger charge is -2.04. The fourth-order valence-corrected chi connectivity index (χ4v) is 3.07. The smallest absolute Gasteiger partial charge is 0.230 e. The molecular weight excluding hydrogens is 290 g/mol. The average molecular weight is 305 g/mol. The molecule has 0 radical (unpaired) electrons. The summed E-state index contributed by atoms with van der Waals surface area (Å²) in [5.74, 6) is 1.02. The first-order valence-corrected chi connectivity index (χ1v) is 8.24. The van der Waals surface area contributed by atoms with Gasteiger partial charge in [0.1, 0.15) is 0 Å². The number of ketones is 1. The Morgan fingerprint density at radius 1 is 1.10 bits per heavy atom. The summed E-state index contributed by atoms with van der Waals surface area (Å²) in [6, 6.07) is 13.6. The Labute approximate surface area is 126 Å². The summed E-state index contributed by atoms with van der Waals surface area (Å²) in [6.45, 7) is 0.0746. The van der Waals surface area contributed by atoms with E-state index in [0.717, 1.165) is 5.75 Å². The number of carbonyl (C=O) groups is 2. The third kappa shape index (κ3) is 4.83. The van der Waals surface area contributed by atoms with E-state index >= 15 is 0 Å². The van der Waals surface area contributed by atoms with E-state index in [0.29, 0.717) is 10.6 Å². The Balaban J connectivity index is 1.65. The molecule has 1 aromatic carbocycles. The molecule has 0 saturated heterocycles. The zero-order valence-corrected chi connectivity index (χ0v) is 12.5. The lowest BCUT2D eigenvalue weighted by molar-refractivity contribution is -0.118. The lowest BCUT2D eigenvalue weighted by atomic mass is 10.2. The first-order chi connectivity index (χ1) is 9.75. The van der Waals surface area contributed by atoms with Crippen molar-refractivity contribution in [2.75, 3.05) is 12.3 Å². The number of hydrogen-bond acceptors (Lipinski definition) is 4. The topological polar surface area (TPSA) is 46.2 Å². The highest BCUT2D eigenvalue weighted by molar-refractivity contribution is 7.99. The maximum atomic E-state index is 11.7. The van der Waals surface area contributed by atoms with Gasteiger partial charge in [0.25, 0.3) is 0 Å². The van der Waals surface area contributed by atoms with E-state index in [9.17, 15) is 9.59 Å². The maximum absolute atomic E-state index is 11.7. The highest BCUT2D eigenvalue weighted by Crippen LogP contribution is 2.11. The van der Waals surface area contributed by atoms with Crippen molar-refractivity contribution in [1.82, 2.24) is 5.32 Å². The van der Waals surface area contributed by atoms with Crippen LogP contribution in [0.5, 0.6) is 0 Å². The second kappa shape index (κ2) is 7.87. The maximum Gasteiger partial charge on any atom is 0.230 e. The fourth-order valence-electron chi connectivity index (χ4n) is 1.59. The van der Waals surface area contributed by atoms with Crippen LogP contribution in [0.1, 0.15) is 15.2 Å². The summed E-state index contributed by atoms with van der Waals surface area (Å²) in [5.41, 5.74) is 1.19. The first-order valence-electron chi connectivity index (χ1n) is 6.21. The lowest BCUT2D eigenvalue weighted by Crippen LogP contribution is -2.30. The molecule has 1 heterocycles. The van der Waals surface area contributed by atoms with Crippen molar-refractivity contribution < 1.29 is 9.59 Å². The molecular formula is C15H15NO2S2. The molecule has 3 nitrogen and oxygen atoms in total. The van der Waals surface area contributed by atoms with E-state index in [1.807, 2.05) is 41.8 Å². The monoisotopic (exact) mass is 305 g/mol. The minimum atomic E-state index is -0.101. The Kier molecular flexibility index (Phi) is 5.83. The van der Waals surface area contributed by atoms with Crippen LogP contribution in [0.4, 0.5) is 0 Å². The number of hydrogen-bond donors (Lipinski definition) is 1. The molecule has 0 aliphatic rings. The van der Waals surface area contributed by atoms with Gasteiger partial charge in [0, 0.05) is 5.75 Å². The number of benzene rings is 1. The van der Waals surface area contributed by atoms with Gasteiger partial charge in [0.05, 0.1) is 17.2 Å². The van der Waals surface area contributed by atoms with Crippen molar-refractivity contribution >= 4 is 34.8 Å². The average Bonchev–Trinajstić information content (AvgIpc) is 3.00. The number of amides is 1. The molecule has 5 heteroatoms. The summed E-state index contributed by atoms with van der Waals surface area (Å²) in [6.07, 6.45) is 0. The van der Waals surface area contributed by atoms with Gasteiger partial charge < -0.3 is 5.32 Å². The second-order valence-corrected chi connectivity index (χ2v) is 6.09. The first kappa shape index (κ1) is 14.8. The predicted molar refractivity (Wildman–Crippen MR) is 84.3 cm³/mol. The zero-order valence-electron chi connectivity index (χ0n) is 10.9. The number of thiophene rings is 1. The summed E-state index contributed by atoms with van der Waals surface area (Å²) < 4.78 is 0. The molecule has 1 amide bonds. The van der Waals surface area contributed by atoms with Crippen LogP contribution in [0.15, 0.2) is 47.8 Å². The van der Waals surface area contributed by atoms with Crippen molar-refractivity contribution in [2.45, 2.75) is 5.75 Å². The van der Waals surface area contributed by atoms with Crippen LogP contribution in [0.3, 0.4) is 0 Å². The van der Waals surface area contributed by atoms with Crippen LogP contribution in [-0.4, -0.2) is 24.0 Å². The predicted octanol–water partition coefficient (Wildman–Crippen LogP) is 2.98. The van der Waals surface area contributed by atoms with E-state index in [1.165, 1.54) is 16.9 Å². The highest BCUT2D eigenvalue weighted by atomic mass is 32.2. The van der Waals surface area contributed by atoms with Crippen molar-refractivity contribution in [3.8, 4) is 0 Å². The van der Waals surface area contributed by atoms with E-state index in [1.54, 1.807) is 17.8 Å². The SMILES string of the molecule is O=C(CSCc1ccccc1)NCC(=O)c1cccs1. The minimum absolute atomic E-state index is 0.0404. The van der Waals surface area contributed by atoms with Crippen LogP contribution < -0.4 is 5.32 Å². The number of rotatable bonds is 7. The number of thioether (sulfide) groups is 1. The number of Topliss-reactive ketones (excluding diaryl/α,β-unsaturated/α-hetero) is 1. The third-order valence-corrected chi connectivity index (χ3v) is 4.50. The fraction of sp³-hybridized carbons (Fsp3) is 0.200. The summed E-state index contributed by atoms with van der Waals surface area (Å²) in [4.78, 5) is 24.0. The van der Waals surface area contributed by atoms with Gasteiger partial charge in [0.2, 0.25) is 5.91 Å². The molecule has 0 bridgehead atoms. The molecule has 20 heavy (non-hydrogen) atoms. The van der Waals surface area contributed by atoms with Crippen molar-refractivity contribution in [1.29, 1.82) is 0 Å². The normalized spacial score (nSPS) is 10.2. The molecule has 0 saturated carbocycles. The van der Waals surface area contributed by atoms with Crippen LogP contribution in [-0.2, 0) is 10.5 Å². The molecule has 0 fully saturated rings. The number of nitrogens with one attached hydrogen (secondary N) is 1. The van der Waals surface area contributed by atoms with Gasteiger partial charge in [0.15, 0.2) is 5.78 Å². The molecule has 0 unspecified atom stereocenters. The quantitative estimate of drug-likeness (QED) is 0.800. The summed E-state index contributed by atoms with van der Waals surface area (Å²) in [5, 5.41) is 4.51. The van der Waals surface area contributed by atoms with Crippen molar-refractivity contribution in [3.05, 3.63) is 58.3 Å². The van der Waals surface area contributed by atoms with Crippen molar-refractivity contribution in [2.24, 2.45) is 0 Å². The Morgan fingerprint density at radius 3 is 2.60 bits per heavy atom. The second-order valence-electron chi connectivity index (χ2n) is 4.16. The molecule has 0 spiro atoms. The van der Waals surface area contributed by atoms with Crippen LogP contribution in [0.2, 0.25) is 0 Å². The largest absolute Gasteiger partial charge is 0.348 e. The van der Waals surface area contributed by atoms with E-state index in [-0.39, 0.29) is 18.2 Å². The third-order valence-electron chi connectivity index (χ3n) is 2.59. The summed E-state index contributed by atoms with van der Waals surface area (Å²) in [7, 11) is 0. The van der Waals surface area contributed by atoms with Gasteiger partial charge in [-0.3, -0.25) is 9.59 Å². The Hall–Kier alpha value is -1.59. The highest BCUT2D eigenvalue weighted by Gasteiger charge is 2.08. The van der Waals surface area contributed by atoms with Crippen LogP contribution >= 0.6 is 23.1 Å². The van der Waals surface area contributed by atoms with Gasteiger partial charge in [-0.1, -0.05) is 36.4 Å². The van der Waals surface area contributed by atoms with E-state index in [2.05, 4.69) is 5.32 Å². The molecule has 2 rings (SSSR count). The standard InChI is InChI=1S/C15H15NO2S2/c17-13(14-7-4-8-20-14)9-16-15(18)11-19-10-12-5-2-1-3-6-12/h1-8H,9-11H2,(H,16,18). The van der Waals surface area contributed by atoms with Gasteiger partial charge in [-0.2, -0.15) is 0 Å². The molecule has 0 aliphatic heterocycles. The zero-order chi connectivity index (χ0) is 14.2. The molecule has 0 atom stereocenters. The molecule has 1 aromatic heterocycles. The van der Waals surface area contributed by atoms with Crippen molar-refractivity contribution in [3.63, 3.8) is 0 Å². The molecule has 2 aromatic rings.